The van der Waals surface area contributed by atoms with E-state index in [-0.39, 0.29) is 12.3 Å². The van der Waals surface area contributed by atoms with Gasteiger partial charge in [-0.25, -0.2) is 0 Å². The van der Waals surface area contributed by atoms with Gasteiger partial charge in [-0.3, -0.25) is 4.79 Å². The van der Waals surface area contributed by atoms with Crippen LogP contribution in [-0.4, -0.2) is 22.2 Å². The summed E-state index contributed by atoms with van der Waals surface area (Å²) in [4.78, 5) is 15.8. The Morgan fingerprint density at radius 3 is 2.55 bits per heavy atom. The van der Waals surface area contributed by atoms with E-state index in [1.807, 2.05) is 0 Å². The Labute approximate surface area is 124 Å². The Morgan fingerprint density at radius 1 is 1.32 bits per heavy atom. The molecule has 2 aromatic rings. The van der Waals surface area contributed by atoms with Crippen LogP contribution in [0.25, 0.3) is 0 Å². The van der Waals surface area contributed by atoms with E-state index in [0.717, 1.165) is 6.39 Å². The van der Waals surface area contributed by atoms with E-state index < -0.39 is 18.6 Å². The summed E-state index contributed by atoms with van der Waals surface area (Å²) in [5.41, 5.74) is 0.881. The van der Waals surface area contributed by atoms with Crippen molar-refractivity contribution in [1.29, 1.82) is 0 Å². The van der Waals surface area contributed by atoms with E-state index in [1.165, 1.54) is 24.3 Å². The minimum absolute atomic E-state index is 0.106. The highest BCUT2D eigenvalue weighted by atomic mass is 19.4. The Kier molecular flexibility index (Phi) is 4.79. The summed E-state index contributed by atoms with van der Waals surface area (Å²) in [6.07, 6.45) is -4.01. The van der Waals surface area contributed by atoms with Crippen molar-refractivity contribution < 1.29 is 22.5 Å². The lowest BCUT2D eigenvalue weighted by molar-refractivity contribution is -0.134. The molecule has 0 saturated heterocycles. The van der Waals surface area contributed by atoms with Crippen LogP contribution in [0, 0.1) is 0 Å². The first-order chi connectivity index (χ1) is 10.3. The first kappa shape index (κ1) is 16.0. The Morgan fingerprint density at radius 2 is 2.00 bits per heavy atom. The molecule has 1 aromatic carbocycles. The van der Waals surface area contributed by atoms with Crippen molar-refractivity contribution in [3.05, 3.63) is 47.6 Å². The molecular formula is C14H14F3N3O2. The molecule has 1 aromatic heterocycles. The molecular weight excluding hydrogens is 299 g/mol. The molecule has 0 saturated carbocycles. The summed E-state index contributed by atoms with van der Waals surface area (Å²) in [6.45, 7) is 1.69. The van der Waals surface area contributed by atoms with Crippen molar-refractivity contribution in [2.75, 3.05) is 0 Å². The fourth-order valence-corrected chi connectivity index (χ4v) is 1.82. The molecule has 8 heteroatoms. The van der Waals surface area contributed by atoms with Crippen LogP contribution in [0.2, 0.25) is 0 Å². The highest BCUT2D eigenvalue weighted by molar-refractivity contribution is 5.94. The van der Waals surface area contributed by atoms with Gasteiger partial charge in [0.2, 0.25) is 6.39 Å². The fourth-order valence-electron chi connectivity index (χ4n) is 1.82. The third-order valence-electron chi connectivity index (χ3n) is 3.03. The van der Waals surface area contributed by atoms with Gasteiger partial charge in [-0.05, 0) is 31.0 Å². The first-order valence-electron chi connectivity index (χ1n) is 6.58. The standard InChI is InChI=1S/C14H14F3N3O2/c1-9(12-18-8-22-20-12)19-13(21)11-4-2-10(3-5-11)6-7-14(15,16)17/h2-5,8-9H,6-7H2,1H3,(H,19,21). The second-order valence-electron chi connectivity index (χ2n) is 4.80. The normalized spacial score (nSPS) is 12.9. The number of carbonyl (C=O) groups excluding carboxylic acids is 1. The van der Waals surface area contributed by atoms with Crippen molar-refractivity contribution in [1.82, 2.24) is 15.5 Å². The fraction of sp³-hybridized carbons (Fsp3) is 0.357. The van der Waals surface area contributed by atoms with Gasteiger partial charge in [0.1, 0.15) is 0 Å². The predicted molar refractivity (Wildman–Crippen MR) is 71.0 cm³/mol. The number of hydrogen-bond acceptors (Lipinski definition) is 4. The van der Waals surface area contributed by atoms with E-state index >= 15 is 0 Å². The molecule has 0 bridgehead atoms. The quantitative estimate of drug-likeness (QED) is 0.921. The molecule has 0 fully saturated rings. The molecule has 1 atom stereocenters. The highest BCUT2D eigenvalue weighted by Crippen LogP contribution is 2.22. The number of halogens is 3. The second kappa shape index (κ2) is 6.59. The maximum absolute atomic E-state index is 12.1. The molecule has 1 N–H and O–H groups in total. The molecule has 0 radical (unpaired) electrons. The minimum Gasteiger partial charge on any atom is -0.343 e. The summed E-state index contributed by atoms with van der Waals surface area (Å²) >= 11 is 0. The number of aryl methyl sites for hydroxylation is 1. The lowest BCUT2D eigenvalue weighted by Crippen LogP contribution is -2.27. The Balaban J connectivity index is 1.93. The Hall–Kier alpha value is -2.38. The molecule has 1 heterocycles. The van der Waals surface area contributed by atoms with Crippen molar-refractivity contribution >= 4 is 5.91 Å². The molecule has 0 aliphatic carbocycles. The maximum Gasteiger partial charge on any atom is 0.389 e. The molecule has 22 heavy (non-hydrogen) atoms. The van der Waals surface area contributed by atoms with Crippen molar-refractivity contribution in [2.24, 2.45) is 0 Å². The smallest absolute Gasteiger partial charge is 0.343 e. The van der Waals surface area contributed by atoms with Crippen LogP contribution in [0.4, 0.5) is 13.2 Å². The predicted octanol–water partition coefficient (Wildman–Crippen LogP) is 3.06. The zero-order valence-corrected chi connectivity index (χ0v) is 11.7. The summed E-state index contributed by atoms with van der Waals surface area (Å²) in [7, 11) is 0. The third-order valence-corrected chi connectivity index (χ3v) is 3.03. The van der Waals surface area contributed by atoms with Gasteiger partial charge in [-0.2, -0.15) is 18.2 Å². The van der Waals surface area contributed by atoms with Gasteiger partial charge in [0.25, 0.3) is 5.91 Å². The topological polar surface area (TPSA) is 68.0 Å². The summed E-state index contributed by atoms with van der Waals surface area (Å²) in [6, 6.07) is 5.57. The average molecular weight is 313 g/mol. The minimum atomic E-state index is -4.18. The van der Waals surface area contributed by atoms with Crippen molar-refractivity contribution in [2.45, 2.75) is 32.0 Å². The number of amides is 1. The number of carbonyl (C=O) groups is 1. The number of nitrogens with one attached hydrogen (secondary N) is 1. The monoisotopic (exact) mass is 313 g/mol. The van der Waals surface area contributed by atoms with Crippen LogP contribution in [0.15, 0.2) is 35.2 Å². The summed E-state index contributed by atoms with van der Waals surface area (Å²) < 4.78 is 41.0. The number of alkyl halides is 3. The second-order valence-corrected chi connectivity index (χ2v) is 4.80. The van der Waals surface area contributed by atoms with Gasteiger partial charge in [0.05, 0.1) is 6.04 Å². The Bertz CT molecular complexity index is 609. The molecule has 118 valence electrons. The van der Waals surface area contributed by atoms with E-state index in [0.29, 0.717) is 17.0 Å². The number of aromatic nitrogens is 2. The molecule has 2 rings (SSSR count). The number of nitrogens with zero attached hydrogens (tertiary/aromatic N) is 2. The molecule has 5 nitrogen and oxygen atoms in total. The van der Waals surface area contributed by atoms with E-state index in [9.17, 15) is 18.0 Å². The van der Waals surface area contributed by atoms with Crippen LogP contribution in [0.1, 0.15) is 41.1 Å². The van der Waals surface area contributed by atoms with E-state index in [2.05, 4.69) is 20.0 Å². The largest absolute Gasteiger partial charge is 0.389 e. The number of hydrogen-bond donors (Lipinski definition) is 1. The SMILES string of the molecule is CC(NC(=O)c1ccc(CCC(F)(F)F)cc1)c1ncon1. The van der Waals surface area contributed by atoms with Gasteiger partial charge < -0.3 is 9.84 Å². The van der Waals surface area contributed by atoms with E-state index in [1.54, 1.807) is 6.92 Å². The van der Waals surface area contributed by atoms with Crippen molar-refractivity contribution in [3.63, 3.8) is 0 Å². The average Bonchev–Trinajstić information content (AvgIpc) is 2.99. The van der Waals surface area contributed by atoms with E-state index in [4.69, 9.17) is 0 Å². The third kappa shape index (κ3) is 4.57. The summed E-state index contributed by atoms with van der Waals surface area (Å²) in [5, 5.41) is 6.29. The van der Waals surface area contributed by atoms with Gasteiger partial charge in [0.15, 0.2) is 5.82 Å². The number of benzene rings is 1. The lowest BCUT2D eigenvalue weighted by Gasteiger charge is -2.10. The zero-order valence-electron chi connectivity index (χ0n) is 11.7. The van der Waals surface area contributed by atoms with Crippen LogP contribution >= 0.6 is 0 Å². The maximum atomic E-state index is 12.1. The molecule has 0 aliphatic heterocycles. The van der Waals surface area contributed by atoms with Gasteiger partial charge in [-0.15, -0.1) is 0 Å². The van der Waals surface area contributed by atoms with Crippen LogP contribution in [-0.2, 0) is 6.42 Å². The molecule has 0 spiro atoms. The summed E-state index contributed by atoms with van der Waals surface area (Å²) in [5.74, 6) is -0.0187. The lowest BCUT2D eigenvalue weighted by atomic mass is 10.1. The van der Waals surface area contributed by atoms with Gasteiger partial charge >= 0.3 is 6.18 Å². The van der Waals surface area contributed by atoms with Crippen LogP contribution in [0.5, 0.6) is 0 Å². The molecule has 0 aliphatic rings. The van der Waals surface area contributed by atoms with Crippen molar-refractivity contribution in [3.8, 4) is 0 Å². The first-order valence-corrected chi connectivity index (χ1v) is 6.58. The zero-order chi connectivity index (χ0) is 16.2. The molecule has 1 unspecified atom stereocenters. The van der Waals surface area contributed by atoms with Gasteiger partial charge in [0, 0.05) is 12.0 Å². The van der Waals surface area contributed by atoms with Gasteiger partial charge in [-0.1, -0.05) is 17.3 Å². The number of rotatable bonds is 5. The van der Waals surface area contributed by atoms with Crippen LogP contribution in [0.3, 0.4) is 0 Å². The molecule has 1 amide bonds. The van der Waals surface area contributed by atoms with Crippen LogP contribution < -0.4 is 5.32 Å². The highest BCUT2D eigenvalue weighted by Gasteiger charge is 2.26.